The molecule has 0 atom stereocenters. The molecule has 1 aromatic rings. The first-order valence-corrected chi connectivity index (χ1v) is 8.28. The molecule has 3 rings (SSSR count). The number of likely N-dealkylation sites (tertiary alicyclic amines) is 1. The highest BCUT2D eigenvalue weighted by Gasteiger charge is 2.56. The molecule has 24 heavy (non-hydrogen) atoms. The Kier molecular flexibility index (Phi) is 4.82. The summed E-state index contributed by atoms with van der Waals surface area (Å²) in [5.74, 6) is -0.0790. The highest BCUT2D eigenvalue weighted by atomic mass is 16.5. The molecule has 1 spiro atoms. The van der Waals surface area contributed by atoms with Crippen molar-refractivity contribution in [3.8, 4) is 0 Å². The summed E-state index contributed by atoms with van der Waals surface area (Å²) >= 11 is 0. The van der Waals surface area contributed by atoms with Gasteiger partial charge in [-0.1, -0.05) is 6.07 Å². The minimum atomic E-state index is -0.699. The van der Waals surface area contributed by atoms with Crippen LogP contribution in [0.15, 0.2) is 24.5 Å². The molecule has 3 heterocycles. The van der Waals surface area contributed by atoms with E-state index in [0.717, 1.165) is 25.2 Å². The Morgan fingerprint density at radius 3 is 2.67 bits per heavy atom. The Balaban J connectivity index is 1.70. The molecule has 7 nitrogen and oxygen atoms in total. The van der Waals surface area contributed by atoms with Gasteiger partial charge in [0.15, 0.2) is 0 Å². The van der Waals surface area contributed by atoms with Crippen molar-refractivity contribution in [1.29, 1.82) is 0 Å². The molecule has 0 unspecified atom stereocenters. The zero-order chi connectivity index (χ0) is 17.2. The van der Waals surface area contributed by atoms with E-state index in [1.54, 1.807) is 25.3 Å². The number of ether oxygens (including phenoxy) is 1. The van der Waals surface area contributed by atoms with Gasteiger partial charge in [-0.25, -0.2) is 4.79 Å². The van der Waals surface area contributed by atoms with Gasteiger partial charge in [0.2, 0.25) is 0 Å². The van der Waals surface area contributed by atoms with Crippen LogP contribution >= 0.6 is 0 Å². The summed E-state index contributed by atoms with van der Waals surface area (Å²) in [6, 6.07) is 3.78. The van der Waals surface area contributed by atoms with E-state index in [-0.39, 0.29) is 11.9 Å². The highest BCUT2D eigenvalue weighted by Crippen LogP contribution is 2.36. The van der Waals surface area contributed by atoms with Crippen LogP contribution in [-0.4, -0.2) is 77.6 Å². The number of likely N-dealkylation sites (N-methyl/N-ethyl adjacent to an activating group) is 1. The van der Waals surface area contributed by atoms with Crippen molar-refractivity contribution in [3.05, 3.63) is 30.1 Å². The van der Waals surface area contributed by atoms with E-state index >= 15 is 0 Å². The van der Waals surface area contributed by atoms with Crippen molar-refractivity contribution >= 4 is 11.9 Å². The molecular weight excluding hydrogens is 308 g/mol. The van der Waals surface area contributed by atoms with E-state index in [0.29, 0.717) is 26.0 Å². The Morgan fingerprint density at radius 1 is 1.29 bits per heavy atom. The van der Waals surface area contributed by atoms with Crippen molar-refractivity contribution < 1.29 is 14.3 Å². The lowest BCUT2D eigenvalue weighted by Crippen LogP contribution is -2.57. The van der Waals surface area contributed by atoms with Crippen LogP contribution in [-0.2, 0) is 16.1 Å². The summed E-state index contributed by atoms with van der Waals surface area (Å²) in [7, 11) is 3.18. The SMILES string of the molecule is COCCN1C(=O)N(C)C(=O)C12CCN(Cc1cccnc1)CC2. The summed E-state index contributed by atoms with van der Waals surface area (Å²) in [6.07, 6.45) is 4.95. The smallest absolute Gasteiger partial charge is 0.327 e. The standard InChI is InChI=1S/C17H24N4O3/c1-19-15(22)17(21(16(19)23)10-11-24-2)5-8-20(9-6-17)13-14-4-3-7-18-12-14/h3-4,7,12H,5-6,8-11,13H2,1-2H3. The van der Waals surface area contributed by atoms with Crippen LogP contribution in [0.25, 0.3) is 0 Å². The van der Waals surface area contributed by atoms with Gasteiger partial charge in [-0.2, -0.15) is 0 Å². The maximum absolute atomic E-state index is 12.7. The molecule has 0 aliphatic carbocycles. The van der Waals surface area contributed by atoms with Crippen LogP contribution < -0.4 is 0 Å². The fourth-order valence-electron chi connectivity index (χ4n) is 3.69. The van der Waals surface area contributed by atoms with Gasteiger partial charge in [0.05, 0.1) is 6.61 Å². The van der Waals surface area contributed by atoms with Crippen molar-refractivity contribution in [2.45, 2.75) is 24.9 Å². The topological polar surface area (TPSA) is 66.0 Å². The Bertz CT molecular complexity index is 599. The lowest BCUT2D eigenvalue weighted by Gasteiger charge is -2.42. The molecule has 0 radical (unpaired) electrons. The zero-order valence-electron chi connectivity index (χ0n) is 14.3. The number of methoxy groups -OCH3 is 1. The minimum Gasteiger partial charge on any atom is -0.383 e. The molecule has 0 bridgehead atoms. The number of piperidine rings is 1. The molecule has 2 fully saturated rings. The van der Waals surface area contributed by atoms with Gasteiger partial charge in [0, 0.05) is 52.7 Å². The van der Waals surface area contributed by atoms with Crippen LogP contribution in [0.2, 0.25) is 0 Å². The molecule has 0 N–H and O–H groups in total. The van der Waals surface area contributed by atoms with Gasteiger partial charge in [-0.05, 0) is 24.5 Å². The Labute approximate surface area is 142 Å². The van der Waals surface area contributed by atoms with Gasteiger partial charge in [0.25, 0.3) is 5.91 Å². The molecular formula is C17H24N4O3. The van der Waals surface area contributed by atoms with E-state index in [4.69, 9.17) is 4.74 Å². The number of nitrogens with zero attached hydrogens (tertiary/aromatic N) is 4. The molecule has 2 aliphatic rings. The first-order chi connectivity index (χ1) is 11.6. The fourth-order valence-corrected chi connectivity index (χ4v) is 3.69. The molecule has 1 aromatic heterocycles. The molecule has 130 valence electrons. The lowest BCUT2D eigenvalue weighted by atomic mass is 9.85. The van der Waals surface area contributed by atoms with Gasteiger partial charge < -0.3 is 9.64 Å². The number of rotatable bonds is 5. The third-order valence-electron chi connectivity index (χ3n) is 5.07. The largest absolute Gasteiger partial charge is 0.383 e. The van der Waals surface area contributed by atoms with Crippen LogP contribution in [0.3, 0.4) is 0 Å². The Hall–Kier alpha value is -1.99. The van der Waals surface area contributed by atoms with Crippen molar-refractivity contribution in [2.75, 3.05) is 40.4 Å². The normalized spacial score (nSPS) is 21.1. The van der Waals surface area contributed by atoms with E-state index in [1.165, 1.54) is 4.90 Å². The number of hydrogen-bond donors (Lipinski definition) is 0. The summed E-state index contributed by atoms with van der Waals surface area (Å²) < 4.78 is 5.12. The van der Waals surface area contributed by atoms with Gasteiger partial charge in [0.1, 0.15) is 5.54 Å². The zero-order valence-corrected chi connectivity index (χ0v) is 14.3. The second-order valence-electron chi connectivity index (χ2n) is 6.46. The number of hydrogen-bond acceptors (Lipinski definition) is 5. The molecule has 3 amide bonds. The highest BCUT2D eigenvalue weighted by molar-refractivity contribution is 6.06. The number of carbonyl (C=O) groups is 2. The molecule has 0 saturated carbocycles. The predicted molar refractivity (Wildman–Crippen MR) is 88.2 cm³/mol. The average molecular weight is 332 g/mol. The van der Waals surface area contributed by atoms with E-state index in [1.807, 2.05) is 12.3 Å². The summed E-state index contributed by atoms with van der Waals surface area (Å²) in [5.41, 5.74) is 0.464. The molecule has 2 saturated heterocycles. The third kappa shape index (κ3) is 2.89. The lowest BCUT2D eigenvalue weighted by molar-refractivity contribution is -0.135. The second kappa shape index (κ2) is 6.86. The first kappa shape index (κ1) is 16.9. The summed E-state index contributed by atoms with van der Waals surface area (Å²) in [6.45, 7) is 3.28. The van der Waals surface area contributed by atoms with Crippen LogP contribution in [0.1, 0.15) is 18.4 Å². The average Bonchev–Trinajstić information content (AvgIpc) is 2.78. The molecule has 0 aromatic carbocycles. The van der Waals surface area contributed by atoms with Crippen LogP contribution in [0, 0.1) is 0 Å². The maximum atomic E-state index is 12.7. The van der Waals surface area contributed by atoms with Crippen molar-refractivity contribution in [1.82, 2.24) is 19.7 Å². The number of carbonyl (C=O) groups excluding carboxylic acids is 2. The predicted octanol–water partition coefficient (Wildman–Crippen LogP) is 0.957. The summed E-state index contributed by atoms with van der Waals surface area (Å²) in [4.78, 5) is 34.6. The quantitative estimate of drug-likeness (QED) is 0.751. The van der Waals surface area contributed by atoms with Crippen LogP contribution in [0.4, 0.5) is 4.79 Å². The number of amides is 3. The number of aromatic nitrogens is 1. The van der Waals surface area contributed by atoms with E-state index in [9.17, 15) is 9.59 Å². The van der Waals surface area contributed by atoms with Crippen molar-refractivity contribution in [2.24, 2.45) is 0 Å². The maximum Gasteiger partial charge on any atom is 0.327 e. The summed E-state index contributed by atoms with van der Waals surface area (Å²) in [5, 5.41) is 0. The minimum absolute atomic E-state index is 0.0790. The van der Waals surface area contributed by atoms with E-state index < -0.39 is 5.54 Å². The third-order valence-corrected chi connectivity index (χ3v) is 5.07. The monoisotopic (exact) mass is 332 g/mol. The van der Waals surface area contributed by atoms with Gasteiger partial charge in [-0.15, -0.1) is 0 Å². The number of urea groups is 1. The molecule has 2 aliphatic heterocycles. The van der Waals surface area contributed by atoms with Gasteiger partial charge in [-0.3, -0.25) is 19.6 Å². The van der Waals surface area contributed by atoms with Gasteiger partial charge >= 0.3 is 6.03 Å². The van der Waals surface area contributed by atoms with Crippen LogP contribution in [0.5, 0.6) is 0 Å². The number of imide groups is 1. The van der Waals surface area contributed by atoms with E-state index in [2.05, 4.69) is 16.0 Å². The number of pyridine rings is 1. The first-order valence-electron chi connectivity index (χ1n) is 8.28. The molecule has 7 heteroatoms. The Morgan fingerprint density at radius 2 is 2.04 bits per heavy atom. The second-order valence-corrected chi connectivity index (χ2v) is 6.46. The van der Waals surface area contributed by atoms with Crippen molar-refractivity contribution in [3.63, 3.8) is 0 Å². The fraction of sp³-hybridized carbons (Fsp3) is 0.588.